The molecule has 0 heterocycles. The van der Waals surface area contributed by atoms with Crippen molar-refractivity contribution in [3.63, 3.8) is 0 Å². The first kappa shape index (κ1) is 17.0. The monoisotopic (exact) mass is 353 g/mol. The summed E-state index contributed by atoms with van der Waals surface area (Å²) in [6.45, 7) is -0.324. The number of benzene rings is 3. The molecule has 0 saturated carbocycles. The van der Waals surface area contributed by atoms with Gasteiger partial charge in [-0.3, -0.25) is 9.59 Å². The Hall–Kier alpha value is -2.85. The second-order valence-corrected chi connectivity index (χ2v) is 6.01. The molecule has 0 radical (unpaired) electrons. The standard InChI is InChI=1S/C20H16ClNO3/c21-17-7-9-18(10-8-17)22-19(23)13-25-20(24)12-14-5-6-15-3-1-2-4-16(15)11-14/h1-11H,12-13H2,(H,22,23). The first-order chi connectivity index (χ1) is 12.1. The van der Waals surface area contributed by atoms with E-state index in [4.69, 9.17) is 16.3 Å². The van der Waals surface area contributed by atoms with Gasteiger partial charge < -0.3 is 10.1 Å². The summed E-state index contributed by atoms with van der Waals surface area (Å²) in [5, 5.41) is 5.40. The smallest absolute Gasteiger partial charge is 0.310 e. The zero-order valence-corrected chi connectivity index (χ0v) is 14.1. The predicted octanol–water partition coefficient (Wildman–Crippen LogP) is 4.22. The molecule has 0 fully saturated rings. The van der Waals surface area contributed by atoms with E-state index in [9.17, 15) is 9.59 Å². The lowest BCUT2D eigenvalue weighted by Gasteiger charge is -2.07. The van der Waals surface area contributed by atoms with E-state index in [1.165, 1.54) is 0 Å². The number of carbonyl (C=O) groups excluding carboxylic acids is 2. The Morgan fingerprint density at radius 1 is 0.920 bits per heavy atom. The van der Waals surface area contributed by atoms with Crippen LogP contribution in [0.2, 0.25) is 5.02 Å². The Morgan fingerprint density at radius 2 is 1.64 bits per heavy atom. The highest BCUT2D eigenvalue weighted by Gasteiger charge is 2.09. The molecule has 4 nitrogen and oxygen atoms in total. The molecule has 0 unspecified atom stereocenters. The van der Waals surface area contributed by atoms with E-state index in [2.05, 4.69) is 5.32 Å². The van der Waals surface area contributed by atoms with E-state index in [1.54, 1.807) is 24.3 Å². The molecule has 0 spiro atoms. The maximum atomic E-state index is 11.9. The van der Waals surface area contributed by atoms with Crippen LogP contribution < -0.4 is 5.32 Å². The summed E-state index contributed by atoms with van der Waals surface area (Å²) in [6.07, 6.45) is 0.124. The number of halogens is 1. The molecule has 0 bridgehead atoms. The van der Waals surface area contributed by atoms with Crippen LogP contribution in [0, 0.1) is 0 Å². The number of nitrogens with one attached hydrogen (secondary N) is 1. The van der Waals surface area contributed by atoms with Gasteiger partial charge in [0.05, 0.1) is 6.42 Å². The van der Waals surface area contributed by atoms with Gasteiger partial charge in [-0.1, -0.05) is 54.1 Å². The summed E-state index contributed by atoms with van der Waals surface area (Å²) >= 11 is 5.78. The largest absolute Gasteiger partial charge is 0.455 e. The van der Waals surface area contributed by atoms with Gasteiger partial charge >= 0.3 is 5.97 Å². The lowest BCUT2D eigenvalue weighted by molar-refractivity contribution is -0.146. The topological polar surface area (TPSA) is 55.4 Å². The molecule has 5 heteroatoms. The number of esters is 1. The van der Waals surface area contributed by atoms with Crippen molar-refractivity contribution in [1.82, 2.24) is 0 Å². The summed E-state index contributed by atoms with van der Waals surface area (Å²) in [5.41, 5.74) is 1.45. The molecule has 0 aliphatic rings. The van der Waals surface area contributed by atoms with E-state index in [-0.39, 0.29) is 13.0 Å². The van der Waals surface area contributed by atoms with Gasteiger partial charge in [0.2, 0.25) is 0 Å². The number of anilines is 1. The van der Waals surface area contributed by atoms with Gasteiger partial charge in [-0.2, -0.15) is 0 Å². The van der Waals surface area contributed by atoms with Gasteiger partial charge in [-0.15, -0.1) is 0 Å². The van der Waals surface area contributed by atoms with Gasteiger partial charge in [0.15, 0.2) is 6.61 Å². The van der Waals surface area contributed by atoms with Crippen molar-refractivity contribution in [3.05, 3.63) is 77.3 Å². The molecule has 3 aromatic rings. The zero-order chi connectivity index (χ0) is 17.6. The van der Waals surface area contributed by atoms with Crippen molar-refractivity contribution < 1.29 is 14.3 Å². The van der Waals surface area contributed by atoms with Crippen LogP contribution in [0.1, 0.15) is 5.56 Å². The van der Waals surface area contributed by atoms with Crippen LogP contribution in [0.15, 0.2) is 66.7 Å². The molecule has 0 aliphatic heterocycles. The molecular formula is C20H16ClNO3. The third kappa shape index (κ3) is 4.81. The molecule has 0 atom stereocenters. The highest BCUT2D eigenvalue weighted by Crippen LogP contribution is 2.16. The van der Waals surface area contributed by atoms with Crippen LogP contribution in [0.5, 0.6) is 0 Å². The minimum absolute atomic E-state index is 0.124. The minimum atomic E-state index is -0.443. The maximum absolute atomic E-state index is 11.9. The Morgan fingerprint density at radius 3 is 2.40 bits per heavy atom. The van der Waals surface area contributed by atoms with Gasteiger partial charge in [-0.25, -0.2) is 0 Å². The molecular weight excluding hydrogens is 338 g/mol. The van der Waals surface area contributed by atoms with Crippen molar-refractivity contribution in [1.29, 1.82) is 0 Å². The first-order valence-electron chi connectivity index (χ1n) is 7.79. The molecule has 0 saturated heterocycles. The summed E-state index contributed by atoms with van der Waals surface area (Å²) in [4.78, 5) is 23.7. The Balaban J connectivity index is 1.51. The van der Waals surface area contributed by atoms with Crippen LogP contribution in [0.4, 0.5) is 5.69 Å². The Labute approximate surface area is 150 Å². The lowest BCUT2D eigenvalue weighted by atomic mass is 10.1. The molecule has 0 aliphatic carbocycles. The second kappa shape index (κ2) is 7.81. The number of fused-ring (bicyclic) bond motifs is 1. The normalized spacial score (nSPS) is 10.4. The average molecular weight is 354 g/mol. The summed E-state index contributed by atoms with van der Waals surface area (Å²) < 4.78 is 5.04. The summed E-state index contributed by atoms with van der Waals surface area (Å²) in [5.74, 6) is -0.837. The highest BCUT2D eigenvalue weighted by atomic mass is 35.5. The Kier molecular flexibility index (Phi) is 5.31. The van der Waals surface area contributed by atoms with Crippen molar-refractivity contribution in [2.75, 3.05) is 11.9 Å². The summed E-state index contributed by atoms with van der Waals surface area (Å²) in [6, 6.07) is 20.4. The van der Waals surface area contributed by atoms with Gasteiger partial charge in [0.1, 0.15) is 0 Å². The number of hydrogen-bond donors (Lipinski definition) is 1. The Bertz CT molecular complexity index is 906. The van der Waals surface area contributed by atoms with E-state index in [0.717, 1.165) is 16.3 Å². The third-order valence-electron chi connectivity index (χ3n) is 3.65. The number of carbonyl (C=O) groups is 2. The van der Waals surface area contributed by atoms with Crippen LogP contribution in [-0.4, -0.2) is 18.5 Å². The first-order valence-corrected chi connectivity index (χ1v) is 8.17. The molecule has 0 aromatic heterocycles. The van der Waals surface area contributed by atoms with Crippen LogP contribution in [0.25, 0.3) is 10.8 Å². The van der Waals surface area contributed by atoms with Crippen LogP contribution >= 0.6 is 11.6 Å². The second-order valence-electron chi connectivity index (χ2n) is 5.57. The zero-order valence-electron chi connectivity index (χ0n) is 13.4. The number of ether oxygens (including phenoxy) is 1. The van der Waals surface area contributed by atoms with Crippen LogP contribution in [0.3, 0.4) is 0 Å². The van der Waals surface area contributed by atoms with Crippen molar-refractivity contribution in [2.45, 2.75) is 6.42 Å². The summed E-state index contributed by atoms with van der Waals surface area (Å²) in [7, 11) is 0. The van der Waals surface area contributed by atoms with Crippen molar-refractivity contribution in [2.24, 2.45) is 0 Å². The number of hydrogen-bond acceptors (Lipinski definition) is 3. The fraction of sp³-hybridized carbons (Fsp3) is 0.100. The van der Waals surface area contributed by atoms with Crippen molar-refractivity contribution >= 4 is 39.9 Å². The SMILES string of the molecule is O=C(COC(=O)Cc1ccc2ccccc2c1)Nc1ccc(Cl)cc1. The molecule has 126 valence electrons. The third-order valence-corrected chi connectivity index (χ3v) is 3.91. The molecule has 25 heavy (non-hydrogen) atoms. The lowest BCUT2D eigenvalue weighted by Crippen LogP contribution is -2.21. The number of rotatable bonds is 5. The molecule has 3 rings (SSSR count). The van der Waals surface area contributed by atoms with E-state index >= 15 is 0 Å². The molecule has 1 N–H and O–H groups in total. The van der Waals surface area contributed by atoms with E-state index < -0.39 is 11.9 Å². The van der Waals surface area contributed by atoms with Crippen LogP contribution in [-0.2, 0) is 20.7 Å². The highest BCUT2D eigenvalue weighted by molar-refractivity contribution is 6.30. The molecule has 1 amide bonds. The maximum Gasteiger partial charge on any atom is 0.310 e. The van der Waals surface area contributed by atoms with E-state index in [1.807, 2.05) is 42.5 Å². The van der Waals surface area contributed by atoms with Gasteiger partial charge in [0, 0.05) is 10.7 Å². The quantitative estimate of drug-likeness (QED) is 0.699. The predicted molar refractivity (Wildman–Crippen MR) is 98.7 cm³/mol. The fourth-order valence-electron chi connectivity index (χ4n) is 2.44. The number of amides is 1. The average Bonchev–Trinajstić information content (AvgIpc) is 2.62. The fourth-order valence-corrected chi connectivity index (χ4v) is 2.57. The van der Waals surface area contributed by atoms with E-state index in [0.29, 0.717) is 10.7 Å². The molecule has 3 aromatic carbocycles. The minimum Gasteiger partial charge on any atom is -0.455 e. The van der Waals surface area contributed by atoms with Gasteiger partial charge in [0.25, 0.3) is 5.91 Å². The van der Waals surface area contributed by atoms with Crippen molar-refractivity contribution in [3.8, 4) is 0 Å². The van der Waals surface area contributed by atoms with Gasteiger partial charge in [-0.05, 0) is 40.6 Å².